The summed E-state index contributed by atoms with van der Waals surface area (Å²) in [7, 11) is 0. The number of fused-ring (bicyclic) bond motifs is 6. The number of amides is 6. The third-order valence-electron chi connectivity index (χ3n) is 16.1. The maximum atomic E-state index is 13.4. The standard InChI is InChI=1S/3C20H17FN4O6S.4C2HF3O2/c3*21-9-1-2-11-8(5-9)6-12(24-11)16(26)23-7-13-15-10(3-4-22-13)14(19(28)29)18(32-15)25-17(27)20(30)31;4*3-2(4,5)1(6)7/h3*1-2,5-6,13,22,24H,3-4,7H2,(H,23,26)(H,25,27)(H,28,29)(H,30,31);4*(H,6,7). The highest BCUT2D eigenvalue weighted by molar-refractivity contribution is 7.18. The molecule has 3 unspecified atom stereocenters. The van der Waals surface area contributed by atoms with Crippen LogP contribution in [0.1, 0.15) is 112 Å². The first-order valence-corrected chi connectivity index (χ1v) is 35.8. The van der Waals surface area contributed by atoms with Crippen LogP contribution in [0.2, 0.25) is 0 Å². The van der Waals surface area contributed by atoms with Gasteiger partial charge in [0.05, 0.1) is 34.8 Å². The van der Waals surface area contributed by atoms with Crippen LogP contribution >= 0.6 is 34.0 Å². The molecule has 9 heterocycles. The van der Waals surface area contributed by atoms with E-state index in [1.54, 1.807) is 0 Å². The van der Waals surface area contributed by atoms with Crippen LogP contribution in [0.15, 0.2) is 72.8 Å². The van der Waals surface area contributed by atoms with Crippen LogP contribution in [0.4, 0.5) is 80.9 Å². The normalized spacial score (nSPS) is 14.3. The molecule has 22 N–H and O–H groups in total. The number of benzene rings is 3. The summed E-state index contributed by atoms with van der Waals surface area (Å²) in [4.78, 5) is 186. The van der Waals surface area contributed by atoms with Gasteiger partial charge in [-0.3, -0.25) is 28.8 Å². The quantitative estimate of drug-likeness (QED) is 0.0346. The number of rotatable bonds is 15. The van der Waals surface area contributed by atoms with E-state index >= 15 is 0 Å². The first kappa shape index (κ1) is 98.6. The lowest BCUT2D eigenvalue weighted by atomic mass is 9.99. The third-order valence-corrected chi connectivity index (χ3v) is 19.9. The van der Waals surface area contributed by atoms with Gasteiger partial charge in [-0.2, -0.15) is 52.7 Å². The molecule has 3 aromatic carbocycles. The average molecular weight is 1840 g/mol. The molecule has 38 nitrogen and oxygen atoms in total. The van der Waals surface area contributed by atoms with E-state index in [9.17, 15) is 139 Å². The monoisotopic (exact) mass is 1840 g/mol. The van der Waals surface area contributed by atoms with Crippen molar-refractivity contribution in [2.45, 2.75) is 62.1 Å². The highest BCUT2D eigenvalue weighted by Gasteiger charge is 2.42. The van der Waals surface area contributed by atoms with E-state index < -0.39 is 155 Å². The number of thiophene rings is 3. The first-order valence-electron chi connectivity index (χ1n) is 33.4. The molecule has 9 aromatic rings. The molecule has 3 aliphatic rings. The zero-order chi connectivity index (χ0) is 93.3. The largest absolute Gasteiger partial charge is 0.490 e. The van der Waals surface area contributed by atoms with Gasteiger partial charge in [0.25, 0.3) is 17.7 Å². The van der Waals surface area contributed by atoms with Crippen molar-refractivity contribution in [1.82, 2.24) is 46.9 Å². The summed E-state index contributed by atoms with van der Waals surface area (Å²) >= 11 is 2.87. The number of carbonyl (C=O) groups is 16. The molecule has 12 rings (SSSR count). The Morgan fingerprint density at radius 3 is 0.734 bits per heavy atom. The van der Waals surface area contributed by atoms with Crippen LogP contribution < -0.4 is 47.9 Å². The number of carboxylic acids is 10. The number of anilines is 3. The number of hydrogen-bond donors (Lipinski definition) is 22. The second-order valence-corrected chi connectivity index (χ2v) is 27.7. The van der Waals surface area contributed by atoms with Gasteiger partial charge in [-0.25, -0.2) is 61.1 Å². The predicted molar refractivity (Wildman–Crippen MR) is 393 cm³/mol. The number of carbonyl (C=O) groups excluding carboxylic acids is 6. The lowest BCUT2D eigenvalue weighted by molar-refractivity contribution is -0.193. The number of alkyl halides is 12. The molecule has 3 aliphatic heterocycles. The van der Waals surface area contributed by atoms with Gasteiger partial charge in [0, 0.05) is 67.0 Å². The molecule has 56 heteroatoms. The minimum absolute atomic E-state index is 0.0624. The molecule has 124 heavy (non-hydrogen) atoms. The van der Waals surface area contributed by atoms with Crippen LogP contribution in [0.25, 0.3) is 32.7 Å². The maximum Gasteiger partial charge on any atom is 0.490 e. The minimum Gasteiger partial charge on any atom is -0.478 e. The van der Waals surface area contributed by atoms with Gasteiger partial charge in [-0.15, -0.1) is 34.0 Å². The zero-order valence-electron chi connectivity index (χ0n) is 60.9. The second kappa shape index (κ2) is 41.3. The second-order valence-electron chi connectivity index (χ2n) is 24.5. The van der Waals surface area contributed by atoms with Crippen molar-refractivity contribution in [3.05, 3.63) is 155 Å². The fourth-order valence-electron chi connectivity index (χ4n) is 10.9. The van der Waals surface area contributed by atoms with Crippen LogP contribution in [0.5, 0.6) is 0 Å². The lowest BCUT2D eigenvalue weighted by Crippen LogP contribution is -2.38. The molecule has 0 spiro atoms. The molecule has 0 radical (unpaired) electrons. The van der Waals surface area contributed by atoms with Crippen molar-refractivity contribution in [1.29, 1.82) is 0 Å². The number of aliphatic carboxylic acids is 7. The number of hydrogen-bond acceptors (Lipinski definition) is 22. The topological polar surface area (TPSA) is 631 Å². The molecule has 0 saturated heterocycles. The number of aromatic amines is 3. The van der Waals surface area contributed by atoms with Gasteiger partial charge in [-0.05, 0) is 128 Å². The van der Waals surface area contributed by atoms with E-state index in [2.05, 4.69) is 62.8 Å². The highest BCUT2D eigenvalue weighted by atomic mass is 32.1. The Labute approximate surface area is 687 Å². The van der Waals surface area contributed by atoms with E-state index in [0.29, 0.717) is 103 Å². The number of halogens is 15. The van der Waals surface area contributed by atoms with Gasteiger partial charge >= 0.3 is 102 Å². The van der Waals surface area contributed by atoms with Crippen molar-refractivity contribution in [2.24, 2.45) is 0 Å². The molecule has 6 aromatic heterocycles. The molecule has 0 fully saturated rings. The summed E-state index contributed by atoms with van der Waals surface area (Å²) in [6.45, 7) is 1.64. The summed E-state index contributed by atoms with van der Waals surface area (Å²) in [6, 6.07) is 15.6. The number of nitrogens with one attached hydrogen (secondary N) is 12. The molecule has 666 valence electrons. The Morgan fingerprint density at radius 2 is 0.548 bits per heavy atom. The zero-order valence-corrected chi connectivity index (χ0v) is 63.4. The number of H-pyrrole nitrogens is 3. The molecule has 0 bridgehead atoms. The average Bonchev–Trinajstić information content (AvgIpc) is 1.62. The Kier molecular flexibility index (Phi) is 32.9. The van der Waals surface area contributed by atoms with Gasteiger partial charge in [0.2, 0.25) is 0 Å². The summed E-state index contributed by atoms with van der Waals surface area (Å²) < 4.78 is 167. The van der Waals surface area contributed by atoms with Crippen LogP contribution in [0.3, 0.4) is 0 Å². The SMILES string of the molecule is O=C(O)C(=O)Nc1sc2c(c1C(=O)O)CCNC2CNC(=O)c1cc2cc(F)ccc2[nH]1.O=C(O)C(=O)Nc1sc2c(c1C(=O)O)CCNC2CNC(=O)c1cc2cc(F)ccc2[nH]1.O=C(O)C(=O)Nc1sc2c(c1C(=O)O)CCNC2CNC(=O)c1cc2cc(F)ccc2[nH]1.O=C(O)C(F)(F)F.O=C(O)C(F)(F)F.O=C(O)C(F)(F)F.O=C(O)C(F)(F)F. The van der Waals surface area contributed by atoms with Crippen molar-refractivity contribution >= 4 is 177 Å². The minimum atomic E-state index is -5.08. The van der Waals surface area contributed by atoms with Gasteiger partial charge in [0.1, 0.15) is 49.5 Å². The number of aromatic nitrogens is 3. The number of aromatic carboxylic acids is 3. The molecular weight excluding hydrogens is 1780 g/mol. The van der Waals surface area contributed by atoms with E-state index in [4.69, 9.17) is 54.9 Å². The van der Waals surface area contributed by atoms with Crippen LogP contribution in [-0.2, 0) is 67.2 Å². The van der Waals surface area contributed by atoms with Crippen LogP contribution in [0, 0.1) is 17.5 Å². The highest BCUT2D eigenvalue weighted by Crippen LogP contribution is 2.43. The Balaban J connectivity index is 0.000000248. The molecule has 0 saturated carbocycles. The van der Waals surface area contributed by atoms with Gasteiger partial charge in [-0.1, -0.05) is 0 Å². The number of carboxylic acid groups (broad SMARTS) is 10. The molecule has 6 amide bonds. The van der Waals surface area contributed by atoms with E-state index in [0.717, 1.165) is 34.0 Å². The van der Waals surface area contributed by atoms with E-state index in [1.165, 1.54) is 72.8 Å². The Hall–Kier alpha value is -14.3. The van der Waals surface area contributed by atoms with E-state index in [-0.39, 0.29) is 68.4 Å². The third kappa shape index (κ3) is 26.9. The summed E-state index contributed by atoms with van der Waals surface area (Å²) in [5.41, 5.74) is 3.59. The summed E-state index contributed by atoms with van der Waals surface area (Å²) in [6.07, 6.45) is -19.2. The van der Waals surface area contributed by atoms with Crippen molar-refractivity contribution in [2.75, 3.05) is 55.2 Å². The summed E-state index contributed by atoms with van der Waals surface area (Å²) in [5, 5.41) is 109. The Bertz CT molecular complexity index is 5120. The molecule has 0 aliphatic carbocycles. The first-order chi connectivity index (χ1) is 57.5. The van der Waals surface area contributed by atoms with Gasteiger partial charge < -0.3 is 114 Å². The summed E-state index contributed by atoms with van der Waals surface area (Å²) in [5.74, 6) is -26.6. The molecular formula is C68H55F15N12O26S3. The van der Waals surface area contributed by atoms with Gasteiger partial charge in [0.15, 0.2) is 0 Å². The lowest BCUT2D eigenvalue weighted by Gasteiger charge is -2.24. The maximum absolute atomic E-state index is 13.4. The fraction of sp³-hybridized carbons (Fsp3) is 0.235. The fourth-order valence-corrected chi connectivity index (χ4v) is 14.8. The van der Waals surface area contributed by atoms with E-state index in [1.807, 2.05) is 0 Å². The smallest absolute Gasteiger partial charge is 0.478 e. The van der Waals surface area contributed by atoms with Crippen LogP contribution in [-0.4, -0.2) is 225 Å². The predicted octanol–water partition coefficient (Wildman–Crippen LogP) is 7.65. The molecule has 3 atom stereocenters. The van der Waals surface area contributed by atoms with Crippen molar-refractivity contribution in [3.63, 3.8) is 0 Å². The van der Waals surface area contributed by atoms with Crippen molar-refractivity contribution in [3.8, 4) is 0 Å². The van der Waals surface area contributed by atoms with Crippen molar-refractivity contribution < 1.29 is 194 Å². The Morgan fingerprint density at radius 1 is 0.339 bits per heavy atom.